The van der Waals surface area contributed by atoms with Crippen molar-refractivity contribution >= 4 is 0 Å². The van der Waals surface area contributed by atoms with E-state index in [4.69, 9.17) is 4.74 Å². The van der Waals surface area contributed by atoms with Gasteiger partial charge in [0.15, 0.2) is 0 Å². The number of rotatable bonds is 6. The highest BCUT2D eigenvalue weighted by atomic mass is 16.5. The van der Waals surface area contributed by atoms with E-state index >= 15 is 0 Å². The lowest BCUT2D eigenvalue weighted by molar-refractivity contribution is 0.296. The molecule has 122 valence electrons. The van der Waals surface area contributed by atoms with Crippen LogP contribution in [0.1, 0.15) is 24.0 Å². The number of piperidine rings is 1. The van der Waals surface area contributed by atoms with Crippen LogP contribution < -0.4 is 15.4 Å². The minimum absolute atomic E-state index is 0.487. The predicted octanol–water partition coefficient (Wildman–Crippen LogP) is 3.15. The fraction of sp³-hybridized carbons (Fsp3) is 0.400. The second kappa shape index (κ2) is 8.14. The third-order valence-electron chi connectivity index (χ3n) is 4.63. The molecule has 1 heterocycles. The van der Waals surface area contributed by atoms with E-state index in [9.17, 15) is 0 Å². The first-order valence-corrected chi connectivity index (χ1v) is 8.49. The molecule has 1 aliphatic heterocycles. The molecule has 0 aliphatic carbocycles. The Balaban J connectivity index is 1.62. The molecule has 2 unspecified atom stereocenters. The summed E-state index contributed by atoms with van der Waals surface area (Å²) in [5.74, 6) is 0.961. The summed E-state index contributed by atoms with van der Waals surface area (Å²) in [6, 6.07) is 20.0. The molecular weight excluding hydrogens is 284 g/mol. The van der Waals surface area contributed by atoms with Crippen molar-refractivity contribution < 1.29 is 4.74 Å². The van der Waals surface area contributed by atoms with Gasteiger partial charge in [-0.25, -0.2) is 0 Å². The second-order valence-corrected chi connectivity index (χ2v) is 6.19. The summed E-state index contributed by atoms with van der Waals surface area (Å²) in [5, 5.41) is 7.43. The quantitative estimate of drug-likeness (QED) is 0.860. The molecule has 3 nitrogen and oxygen atoms in total. The zero-order chi connectivity index (χ0) is 15.9. The minimum Gasteiger partial charge on any atom is -0.496 e. The maximum Gasteiger partial charge on any atom is 0.123 e. The number of ether oxygens (including phenoxy) is 1. The van der Waals surface area contributed by atoms with Crippen LogP contribution in [0, 0.1) is 0 Å². The Morgan fingerprint density at radius 3 is 2.70 bits per heavy atom. The van der Waals surface area contributed by atoms with Crippen LogP contribution in [0.2, 0.25) is 0 Å². The van der Waals surface area contributed by atoms with Gasteiger partial charge in [0, 0.05) is 24.2 Å². The maximum absolute atomic E-state index is 5.45. The Bertz CT molecular complexity index is 600. The Hall–Kier alpha value is -1.84. The van der Waals surface area contributed by atoms with Gasteiger partial charge in [0.25, 0.3) is 0 Å². The van der Waals surface area contributed by atoms with E-state index in [1.54, 1.807) is 7.11 Å². The first-order valence-electron chi connectivity index (χ1n) is 8.49. The number of hydrogen-bond donors (Lipinski definition) is 2. The fourth-order valence-corrected chi connectivity index (χ4v) is 3.37. The SMILES string of the molecule is COc1ccccc1CNC1CCCNC1Cc1ccccc1. The number of para-hydroxylation sites is 1. The molecule has 2 N–H and O–H groups in total. The van der Waals surface area contributed by atoms with E-state index in [2.05, 4.69) is 53.1 Å². The molecule has 3 heteroatoms. The molecule has 0 spiro atoms. The normalized spacial score (nSPS) is 21.1. The highest BCUT2D eigenvalue weighted by Gasteiger charge is 2.24. The van der Waals surface area contributed by atoms with E-state index < -0.39 is 0 Å². The van der Waals surface area contributed by atoms with E-state index in [-0.39, 0.29) is 0 Å². The average molecular weight is 310 g/mol. The molecule has 2 aromatic carbocycles. The number of hydrogen-bond acceptors (Lipinski definition) is 3. The lowest BCUT2D eigenvalue weighted by Crippen LogP contribution is -2.52. The Labute approximate surface area is 139 Å². The largest absolute Gasteiger partial charge is 0.496 e. The number of nitrogens with one attached hydrogen (secondary N) is 2. The summed E-state index contributed by atoms with van der Waals surface area (Å²) >= 11 is 0. The lowest BCUT2D eigenvalue weighted by Gasteiger charge is -2.34. The van der Waals surface area contributed by atoms with Crippen molar-refractivity contribution in [3.8, 4) is 5.75 Å². The van der Waals surface area contributed by atoms with Crippen molar-refractivity contribution in [2.24, 2.45) is 0 Å². The van der Waals surface area contributed by atoms with Gasteiger partial charge in [0.2, 0.25) is 0 Å². The van der Waals surface area contributed by atoms with Gasteiger partial charge < -0.3 is 15.4 Å². The second-order valence-electron chi connectivity index (χ2n) is 6.19. The summed E-state index contributed by atoms with van der Waals surface area (Å²) in [4.78, 5) is 0. The number of benzene rings is 2. The van der Waals surface area contributed by atoms with E-state index in [0.29, 0.717) is 12.1 Å². The summed E-state index contributed by atoms with van der Waals surface area (Å²) < 4.78 is 5.45. The molecule has 3 rings (SSSR count). The molecule has 0 amide bonds. The predicted molar refractivity (Wildman–Crippen MR) is 94.8 cm³/mol. The summed E-state index contributed by atoms with van der Waals surface area (Å²) in [6.07, 6.45) is 3.53. The topological polar surface area (TPSA) is 33.3 Å². The van der Waals surface area contributed by atoms with Crippen LogP contribution in [0.15, 0.2) is 54.6 Å². The Morgan fingerprint density at radius 2 is 1.87 bits per heavy atom. The summed E-state index contributed by atoms with van der Waals surface area (Å²) in [7, 11) is 1.74. The van der Waals surface area contributed by atoms with Crippen molar-refractivity contribution in [1.82, 2.24) is 10.6 Å². The van der Waals surface area contributed by atoms with Crippen molar-refractivity contribution in [2.45, 2.75) is 37.9 Å². The van der Waals surface area contributed by atoms with Gasteiger partial charge in [0.1, 0.15) is 5.75 Å². The van der Waals surface area contributed by atoms with Gasteiger partial charge in [-0.1, -0.05) is 48.5 Å². The zero-order valence-electron chi connectivity index (χ0n) is 13.8. The minimum atomic E-state index is 0.487. The first kappa shape index (κ1) is 16.0. The van der Waals surface area contributed by atoms with Crippen LogP contribution in [0.25, 0.3) is 0 Å². The lowest BCUT2D eigenvalue weighted by atomic mass is 9.92. The fourth-order valence-electron chi connectivity index (χ4n) is 3.37. The molecule has 23 heavy (non-hydrogen) atoms. The molecule has 1 saturated heterocycles. The van der Waals surface area contributed by atoms with Gasteiger partial charge >= 0.3 is 0 Å². The molecule has 2 aromatic rings. The van der Waals surface area contributed by atoms with E-state index in [0.717, 1.165) is 25.3 Å². The third kappa shape index (κ3) is 4.34. The Morgan fingerprint density at radius 1 is 1.09 bits per heavy atom. The van der Waals surface area contributed by atoms with Gasteiger partial charge in [-0.15, -0.1) is 0 Å². The van der Waals surface area contributed by atoms with Crippen molar-refractivity contribution in [2.75, 3.05) is 13.7 Å². The number of methoxy groups -OCH3 is 1. The molecule has 1 aliphatic rings. The summed E-state index contributed by atoms with van der Waals surface area (Å²) in [5.41, 5.74) is 2.62. The van der Waals surface area contributed by atoms with Gasteiger partial charge in [-0.05, 0) is 37.4 Å². The molecule has 0 bridgehead atoms. The van der Waals surface area contributed by atoms with E-state index in [1.807, 2.05) is 12.1 Å². The smallest absolute Gasteiger partial charge is 0.123 e. The highest BCUT2D eigenvalue weighted by Crippen LogP contribution is 2.19. The highest BCUT2D eigenvalue weighted by molar-refractivity contribution is 5.33. The van der Waals surface area contributed by atoms with Crippen LogP contribution in [0.4, 0.5) is 0 Å². The van der Waals surface area contributed by atoms with Crippen LogP contribution in [-0.4, -0.2) is 25.7 Å². The molecule has 0 aromatic heterocycles. The standard InChI is InChI=1S/C20H26N2O/c1-23-20-12-6-5-10-17(20)15-22-18-11-7-13-21-19(18)14-16-8-3-2-4-9-16/h2-6,8-10,12,18-19,21-22H,7,11,13-15H2,1H3. The van der Waals surface area contributed by atoms with Crippen molar-refractivity contribution in [3.63, 3.8) is 0 Å². The van der Waals surface area contributed by atoms with Crippen LogP contribution in [-0.2, 0) is 13.0 Å². The third-order valence-corrected chi connectivity index (χ3v) is 4.63. The van der Waals surface area contributed by atoms with Crippen molar-refractivity contribution in [3.05, 3.63) is 65.7 Å². The molecular formula is C20H26N2O. The monoisotopic (exact) mass is 310 g/mol. The summed E-state index contributed by atoms with van der Waals surface area (Å²) in [6.45, 7) is 1.96. The zero-order valence-corrected chi connectivity index (χ0v) is 13.8. The molecule has 0 saturated carbocycles. The Kier molecular flexibility index (Phi) is 5.67. The average Bonchev–Trinajstić information content (AvgIpc) is 2.62. The molecule has 1 fully saturated rings. The molecule has 2 atom stereocenters. The van der Waals surface area contributed by atoms with Crippen molar-refractivity contribution in [1.29, 1.82) is 0 Å². The van der Waals surface area contributed by atoms with Crippen LogP contribution >= 0.6 is 0 Å². The van der Waals surface area contributed by atoms with Gasteiger partial charge in [0.05, 0.1) is 7.11 Å². The first-order chi connectivity index (χ1) is 11.4. The molecule has 0 radical (unpaired) electrons. The van der Waals surface area contributed by atoms with Gasteiger partial charge in [-0.2, -0.15) is 0 Å². The van der Waals surface area contributed by atoms with E-state index in [1.165, 1.54) is 24.0 Å². The van der Waals surface area contributed by atoms with Gasteiger partial charge in [-0.3, -0.25) is 0 Å². The van der Waals surface area contributed by atoms with Crippen LogP contribution in [0.3, 0.4) is 0 Å². The van der Waals surface area contributed by atoms with Crippen LogP contribution in [0.5, 0.6) is 5.75 Å². The maximum atomic E-state index is 5.45.